The summed E-state index contributed by atoms with van der Waals surface area (Å²) in [5.74, 6) is -0.343. The van der Waals surface area contributed by atoms with E-state index in [1.807, 2.05) is 30.3 Å². The number of esters is 1. The van der Waals surface area contributed by atoms with Crippen LogP contribution < -0.4 is 5.32 Å². The SMILES string of the molecule is C[C@@H](NC(=O)C1CCCCC1)C(=O)OCc1ccccc1. The van der Waals surface area contributed by atoms with Crippen molar-refractivity contribution in [2.24, 2.45) is 5.92 Å². The van der Waals surface area contributed by atoms with Gasteiger partial charge in [-0.3, -0.25) is 4.79 Å². The number of rotatable bonds is 5. The summed E-state index contributed by atoms with van der Waals surface area (Å²) >= 11 is 0. The molecule has 1 atom stereocenters. The Hall–Kier alpha value is -1.84. The number of hydrogen-bond donors (Lipinski definition) is 1. The molecule has 1 aromatic rings. The first-order valence-corrected chi connectivity index (χ1v) is 7.68. The van der Waals surface area contributed by atoms with Crippen molar-refractivity contribution < 1.29 is 14.3 Å². The summed E-state index contributed by atoms with van der Waals surface area (Å²) in [4.78, 5) is 24.0. The largest absolute Gasteiger partial charge is 0.459 e. The number of carbonyl (C=O) groups excluding carboxylic acids is 2. The zero-order valence-electron chi connectivity index (χ0n) is 12.5. The van der Waals surface area contributed by atoms with Crippen molar-refractivity contribution >= 4 is 11.9 Å². The molecular formula is C17H23NO3. The van der Waals surface area contributed by atoms with E-state index in [2.05, 4.69) is 5.32 Å². The molecule has 4 heteroatoms. The molecule has 0 bridgehead atoms. The molecule has 1 aliphatic carbocycles. The molecule has 0 radical (unpaired) electrons. The zero-order chi connectivity index (χ0) is 15.1. The minimum atomic E-state index is -0.594. The van der Waals surface area contributed by atoms with Crippen LogP contribution in [0.4, 0.5) is 0 Å². The van der Waals surface area contributed by atoms with Crippen molar-refractivity contribution in [2.45, 2.75) is 51.7 Å². The lowest BCUT2D eigenvalue weighted by molar-refractivity contribution is -0.149. The van der Waals surface area contributed by atoms with Gasteiger partial charge in [0.1, 0.15) is 12.6 Å². The Balaban J connectivity index is 1.75. The highest BCUT2D eigenvalue weighted by molar-refractivity contribution is 5.85. The van der Waals surface area contributed by atoms with E-state index in [1.54, 1.807) is 6.92 Å². The van der Waals surface area contributed by atoms with Crippen LogP contribution >= 0.6 is 0 Å². The van der Waals surface area contributed by atoms with Gasteiger partial charge in [-0.25, -0.2) is 4.79 Å². The summed E-state index contributed by atoms with van der Waals surface area (Å²) < 4.78 is 5.22. The van der Waals surface area contributed by atoms with Crippen molar-refractivity contribution in [1.29, 1.82) is 0 Å². The normalized spacial score (nSPS) is 17.0. The van der Waals surface area contributed by atoms with Crippen LogP contribution in [0.3, 0.4) is 0 Å². The first-order valence-electron chi connectivity index (χ1n) is 7.68. The van der Waals surface area contributed by atoms with Gasteiger partial charge >= 0.3 is 5.97 Å². The lowest BCUT2D eigenvalue weighted by Crippen LogP contribution is -2.42. The van der Waals surface area contributed by atoms with Gasteiger partial charge in [-0.05, 0) is 25.3 Å². The molecule has 1 fully saturated rings. The van der Waals surface area contributed by atoms with E-state index in [1.165, 1.54) is 6.42 Å². The average molecular weight is 289 g/mol. The summed E-state index contributed by atoms with van der Waals surface area (Å²) in [7, 11) is 0. The molecule has 1 N–H and O–H groups in total. The predicted molar refractivity (Wildman–Crippen MR) is 80.4 cm³/mol. The molecule has 0 heterocycles. The second kappa shape index (κ2) is 7.81. The number of benzene rings is 1. The number of carbonyl (C=O) groups is 2. The van der Waals surface area contributed by atoms with Gasteiger partial charge in [-0.15, -0.1) is 0 Å². The minimum absolute atomic E-state index is 0.0149. The van der Waals surface area contributed by atoms with Crippen LogP contribution in [0.5, 0.6) is 0 Å². The van der Waals surface area contributed by atoms with Gasteiger partial charge in [0, 0.05) is 5.92 Å². The molecule has 1 aliphatic rings. The molecule has 1 amide bonds. The Morgan fingerprint density at radius 3 is 2.52 bits per heavy atom. The Kier molecular flexibility index (Phi) is 5.78. The maximum atomic E-state index is 12.1. The van der Waals surface area contributed by atoms with E-state index in [0.29, 0.717) is 0 Å². The molecular weight excluding hydrogens is 266 g/mol. The molecule has 0 aromatic heterocycles. The first kappa shape index (κ1) is 15.5. The summed E-state index contributed by atoms with van der Waals surface area (Å²) in [6.45, 7) is 1.91. The molecule has 21 heavy (non-hydrogen) atoms. The van der Waals surface area contributed by atoms with Crippen LogP contribution in [-0.2, 0) is 20.9 Å². The Bertz CT molecular complexity index is 466. The number of ether oxygens (including phenoxy) is 1. The van der Waals surface area contributed by atoms with Crippen LogP contribution in [0.2, 0.25) is 0 Å². The fourth-order valence-electron chi connectivity index (χ4n) is 2.61. The van der Waals surface area contributed by atoms with Crippen molar-refractivity contribution in [3.63, 3.8) is 0 Å². The third kappa shape index (κ3) is 4.88. The lowest BCUT2D eigenvalue weighted by Gasteiger charge is -2.22. The fraction of sp³-hybridized carbons (Fsp3) is 0.529. The molecule has 0 unspecified atom stereocenters. The predicted octanol–water partition coefficient (Wildman–Crippen LogP) is 2.81. The quantitative estimate of drug-likeness (QED) is 0.848. The lowest BCUT2D eigenvalue weighted by atomic mass is 9.88. The number of amides is 1. The molecule has 2 rings (SSSR count). The Morgan fingerprint density at radius 1 is 1.19 bits per heavy atom. The second-order valence-corrected chi connectivity index (χ2v) is 5.66. The highest BCUT2D eigenvalue weighted by Gasteiger charge is 2.24. The molecule has 0 saturated heterocycles. The topological polar surface area (TPSA) is 55.4 Å². The first-order chi connectivity index (χ1) is 10.2. The van der Waals surface area contributed by atoms with Crippen LogP contribution in [0, 0.1) is 5.92 Å². The highest BCUT2D eigenvalue weighted by atomic mass is 16.5. The molecule has 1 aromatic carbocycles. The summed E-state index contributed by atoms with van der Waals surface area (Å²) in [5.41, 5.74) is 0.941. The zero-order valence-corrected chi connectivity index (χ0v) is 12.5. The highest BCUT2D eigenvalue weighted by Crippen LogP contribution is 2.23. The molecule has 0 spiro atoms. The smallest absolute Gasteiger partial charge is 0.328 e. The second-order valence-electron chi connectivity index (χ2n) is 5.66. The van der Waals surface area contributed by atoms with E-state index >= 15 is 0 Å². The van der Waals surface area contributed by atoms with Crippen LogP contribution in [0.15, 0.2) is 30.3 Å². The van der Waals surface area contributed by atoms with Gasteiger partial charge < -0.3 is 10.1 Å². The van der Waals surface area contributed by atoms with Gasteiger partial charge in [-0.1, -0.05) is 49.6 Å². The van der Waals surface area contributed by atoms with Crippen LogP contribution in [0.25, 0.3) is 0 Å². The van der Waals surface area contributed by atoms with E-state index in [-0.39, 0.29) is 24.4 Å². The fourth-order valence-corrected chi connectivity index (χ4v) is 2.61. The van der Waals surface area contributed by atoms with Crippen molar-refractivity contribution in [2.75, 3.05) is 0 Å². The summed E-state index contributed by atoms with van der Waals surface area (Å²) in [5, 5.41) is 2.77. The van der Waals surface area contributed by atoms with Gasteiger partial charge in [-0.2, -0.15) is 0 Å². The van der Waals surface area contributed by atoms with E-state index < -0.39 is 6.04 Å². The van der Waals surface area contributed by atoms with Gasteiger partial charge in [0.25, 0.3) is 0 Å². The molecule has 0 aliphatic heterocycles. The van der Waals surface area contributed by atoms with Gasteiger partial charge in [0.2, 0.25) is 5.91 Å². The van der Waals surface area contributed by atoms with Gasteiger partial charge in [0.15, 0.2) is 0 Å². The molecule has 114 valence electrons. The van der Waals surface area contributed by atoms with Crippen molar-refractivity contribution in [3.8, 4) is 0 Å². The van der Waals surface area contributed by atoms with E-state index in [4.69, 9.17) is 4.74 Å². The maximum absolute atomic E-state index is 12.1. The number of nitrogens with one attached hydrogen (secondary N) is 1. The van der Waals surface area contributed by atoms with Crippen molar-refractivity contribution in [1.82, 2.24) is 5.32 Å². The van der Waals surface area contributed by atoms with E-state index in [0.717, 1.165) is 31.2 Å². The van der Waals surface area contributed by atoms with Crippen molar-refractivity contribution in [3.05, 3.63) is 35.9 Å². The Labute approximate surface area is 125 Å². The number of hydrogen-bond acceptors (Lipinski definition) is 3. The summed E-state index contributed by atoms with van der Waals surface area (Å²) in [6.07, 6.45) is 5.27. The minimum Gasteiger partial charge on any atom is -0.459 e. The summed E-state index contributed by atoms with van der Waals surface area (Å²) in [6, 6.07) is 8.92. The molecule has 1 saturated carbocycles. The molecule has 4 nitrogen and oxygen atoms in total. The third-order valence-corrected chi connectivity index (χ3v) is 3.91. The van der Waals surface area contributed by atoms with Gasteiger partial charge in [0.05, 0.1) is 0 Å². The third-order valence-electron chi connectivity index (χ3n) is 3.91. The van der Waals surface area contributed by atoms with E-state index in [9.17, 15) is 9.59 Å². The van der Waals surface area contributed by atoms with Crippen LogP contribution in [-0.4, -0.2) is 17.9 Å². The standard InChI is InChI=1S/C17H23NO3/c1-13(18-16(19)15-10-6-3-7-11-15)17(20)21-12-14-8-4-2-5-9-14/h2,4-5,8-9,13,15H,3,6-7,10-12H2,1H3,(H,18,19)/t13-/m1/s1. The maximum Gasteiger partial charge on any atom is 0.328 e. The average Bonchev–Trinajstić information content (AvgIpc) is 2.54. The van der Waals surface area contributed by atoms with Crippen LogP contribution in [0.1, 0.15) is 44.6 Å². The monoisotopic (exact) mass is 289 g/mol. The Morgan fingerprint density at radius 2 is 1.86 bits per heavy atom.